The number of rotatable bonds is 0. The SMILES string of the molecule is c1ccc2c(c1)Cc1ccccc1C21c2ccccc2Nc2ccccc21. The molecule has 128 valence electrons. The van der Waals surface area contributed by atoms with E-state index in [4.69, 9.17) is 0 Å². The Morgan fingerprint density at radius 3 is 1.41 bits per heavy atom. The van der Waals surface area contributed by atoms with Crippen molar-refractivity contribution < 1.29 is 0 Å². The van der Waals surface area contributed by atoms with Crippen LogP contribution in [0, 0.1) is 0 Å². The molecule has 6 rings (SSSR count). The highest BCUT2D eigenvalue weighted by Crippen LogP contribution is 2.56. The lowest BCUT2D eigenvalue weighted by atomic mass is 9.58. The summed E-state index contributed by atoms with van der Waals surface area (Å²) in [5.74, 6) is 0. The zero-order valence-corrected chi connectivity index (χ0v) is 14.9. The van der Waals surface area contributed by atoms with Gasteiger partial charge < -0.3 is 5.32 Å². The second-order valence-corrected chi connectivity index (χ2v) is 7.46. The maximum absolute atomic E-state index is 3.67. The monoisotopic (exact) mass is 345 g/mol. The zero-order chi connectivity index (χ0) is 17.8. The number of nitrogens with one attached hydrogen (secondary N) is 1. The predicted octanol–water partition coefficient (Wildman–Crippen LogP) is 6.03. The highest BCUT2D eigenvalue weighted by Gasteiger charge is 2.47. The molecule has 1 aliphatic carbocycles. The summed E-state index contributed by atoms with van der Waals surface area (Å²) in [6.45, 7) is 0. The second kappa shape index (κ2) is 5.34. The van der Waals surface area contributed by atoms with Crippen LogP contribution in [0.25, 0.3) is 0 Å². The molecule has 0 atom stereocenters. The third kappa shape index (κ3) is 1.84. The minimum Gasteiger partial charge on any atom is -0.355 e. The molecule has 27 heavy (non-hydrogen) atoms. The summed E-state index contributed by atoms with van der Waals surface area (Å²) in [6, 6.07) is 35.5. The molecular formula is C26H19N. The summed E-state index contributed by atoms with van der Waals surface area (Å²) < 4.78 is 0. The van der Waals surface area contributed by atoms with Gasteiger partial charge in [-0.05, 0) is 51.9 Å². The van der Waals surface area contributed by atoms with Crippen LogP contribution in [-0.4, -0.2) is 0 Å². The highest BCUT2D eigenvalue weighted by atomic mass is 14.9. The van der Waals surface area contributed by atoms with Crippen LogP contribution in [0.2, 0.25) is 0 Å². The quantitative estimate of drug-likeness (QED) is 0.354. The van der Waals surface area contributed by atoms with E-state index >= 15 is 0 Å². The number of para-hydroxylation sites is 2. The maximum atomic E-state index is 3.67. The Bertz CT molecular complexity index is 998. The van der Waals surface area contributed by atoms with E-state index in [1.165, 1.54) is 44.8 Å². The van der Waals surface area contributed by atoms with E-state index in [9.17, 15) is 0 Å². The summed E-state index contributed by atoms with van der Waals surface area (Å²) in [6.07, 6.45) is 0.992. The summed E-state index contributed by atoms with van der Waals surface area (Å²) in [7, 11) is 0. The van der Waals surface area contributed by atoms with Gasteiger partial charge >= 0.3 is 0 Å². The molecule has 1 heterocycles. The van der Waals surface area contributed by atoms with E-state index in [0.29, 0.717) is 0 Å². The van der Waals surface area contributed by atoms with E-state index in [1.54, 1.807) is 0 Å². The first-order chi connectivity index (χ1) is 13.4. The summed E-state index contributed by atoms with van der Waals surface area (Å²) in [4.78, 5) is 0. The number of anilines is 2. The fourth-order valence-corrected chi connectivity index (χ4v) is 5.14. The summed E-state index contributed by atoms with van der Waals surface area (Å²) >= 11 is 0. The average Bonchev–Trinajstić information content (AvgIpc) is 2.73. The molecule has 4 aromatic carbocycles. The molecular weight excluding hydrogens is 326 g/mol. The van der Waals surface area contributed by atoms with Gasteiger partial charge in [-0.2, -0.15) is 0 Å². The second-order valence-electron chi connectivity index (χ2n) is 7.46. The molecule has 1 aliphatic heterocycles. The first-order valence-corrected chi connectivity index (χ1v) is 9.52. The van der Waals surface area contributed by atoms with Gasteiger partial charge in [0.1, 0.15) is 0 Å². The lowest BCUT2D eigenvalue weighted by molar-refractivity contribution is 0.700. The molecule has 2 aliphatic rings. The van der Waals surface area contributed by atoms with Gasteiger partial charge in [-0.15, -0.1) is 0 Å². The fraction of sp³-hybridized carbons (Fsp3) is 0.0769. The topological polar surface area (TPSA) is 12.0 Å². The molecule has 0 saturated heterocycles. The molecule has 0 bridgehead atoms. The minimum absolute atomic E-state index is 0.274. The summed E-state index contributed by atoms with van der Waals surface area (Å²) in [5.41, 5.74) is 10.4. The Hall–Kier alpha value is -3.32. The van der Waals surface area contributed by atoms with Gasteiger partial charge in [-0.25, -0.2) is 0 Å². The van der Waals surface area contributed by atoms with Crippen LogP contribution in [0.15, 0.2) is 97.1 Å². The van der Waals surface area contributed by atoms with Crippen molar-refractivity contribution in [3.05, 3.63) is 130 Å². The van der Waals surface area contributed by atoms with Crippen molar-refractivity contribution in [2.45, 2.75) is 11.8 Å². The van der Waals surface area contributed by atoms with Gasteiger partial charge in [0.2, 0.25) is 0 Å². The van der Waals surface area contributed by atoms with Crippen LogP contribution in [0.1, 0.15) is 33.4 Å². The van der Waals surface area contributed by atoms with E-state index in [0.717, 1.165) is 6.42 Å². The Morgan fingerprint density at radius 1 is 0.481 bits per heavy atom. The molecule has 1 heteroatoms. The Labute approximate surface area is 159 Å². The van der Waals surface area contributed by atoms with E-state index in [1.807, 2.05) is 0 Å². The Morgan fingerprint density at radius 2 is 0.889 bits per heavy atom. The van der Waals surface area contributed by atoms with Crippen molar-refractivity contribution >= 4 is 11.4 Å². The van der Waals surface area contributed by atoms with Crippen LogP contribution in [0.3, 0.4) is 0 Å². The molecule has 0 aromatic heterocycles. The Kier molecular flexibility index (Phi) is 2.93. The molecule has 4 aromatic rings. The molecule has 1 nitrogen and oxygen atoms in total. The van der Waals surface area contributed by atoms with Crippen LogP contribution < -0.4 is 5.32 Å². The molecule has 1 N–H and O–H groups in total. The predicted molar refractivity (Wildman–Crippen MR) is 111 cm³/mol. The maximum Gasteiger partial charge on any atom is 0.0747 e. The number of hydrogen-bond acceptors (Lipinski definition) is 1. The first kappa shape index (κ1) is 14.8. The smallest absolute Gasteiger partial charge is 0.0747 e. The van der Waals surface area contributed by atoms with Crippen molar-refractivity contribution in [3.8, 4) is 0 Å². The van der Waals surface area contributed by atoms with E-state index in [-0.39, 0.29) is 5.41 Å². The minimum atomic E-state index is -0.274. The van der Waals surface area contributed by atoms with Gasteiger partial charge in [0, 0.05) is 11.4 Å². The van der Waals surface area contributed by atoms with Crippen molar-refractivity contribution in [2.24, 2.45) is 0 Å². The van der Waals surface area contributed by atoms with E-state index < -0.39 is 0 Å². The van der Waals surface area contributed by atoms with Gasteiger partial charge in [-0.1, -0.05) is 84.9 Å². The molecule has 0 fully saturated rings. The van der Waals surface area contributed by atoms with Crippen molar-refractivity contribution in [2.75, 3.05) is 5.32 Å². The normalized spacial score (nSPS) is 15.1. The third-order valence-electron chi connectivity index (χ3n) is 6.16. The van der Waals surface area contributed by atoms with Crippen LogP contribution >= 0.6 is 0 Å². The largest absolute Gasteiger partial charge is 0.355 e. The van der Waals surface area contributed by atoms with Gasteiger partial charge in [-0.3, -0.25) is 0 Å². The van der Waals surface area contributed by atoms with Gasteiger partial charge in [0.15, 0.2) is 0 Å². The first-order valence-electron chi connectivity index (χ1n) is 9.52. The molecule has 1 spiro atoms. The van der Waals surface area contributed by atoms with E-state index in [2.05, 4.69) is 102 Å². The molecule has 0 unspecified atom stereocenters. The zero-order valence-electron chi connectivity index (χ0n) is 14.9. The van der Waals surface area contributed by atoms with Gasteiger partial charge in [0.05, 0.1) is 5.41 Å². The Balaban J connectivity index is 1.85. The summed E-state index contributed by atoms with van der Waals surface area (Å²) in [5, 5.41) is 3.67. The third-order valence-corrected chi connectivity index (χ3v) is 6.16. The van der Waals surface area contributed by atoms with Crippen molar-refractivity contribution in [3.63, 3.8) is 0 Å². The van der Waals surface area contributed by atoms with Crippen LogP contribution in [0.4, 0.5) is 11.4 Å². The molecule has 0 amide bonds. The molecule has 0 saturated carbocycles. The average molecular weight is 345 g/mol. The number of benzene rings is 4. The fourth-order valence-electron chi connectivity index (χ4n) is 5.14. The lowest BCUT2D eigenvalue weighted by Gasteiger charge is -2.46. The standard InChI is InChI=1S/C26H19N/c1-3-11-20-18(9-1)17-19-10-2-4-12-21(19)26(20)22-13-5-7-15-24(22)27-25-16-8-6-14-23(25)26/h1-16,27H,17H2. The number of fused-ring (bicyclic) bond motifs is 8. The van der Waals surface area contributed by atoms with Gasteiger partial charge in [0.25, 0.3) is 0 Å². The van der Waals surface area contributed by atoms with Crippen molar-refractivity contribution in [1.82, 2.24) is 0 Å². The van der Waals surface area contributed by atoms with Crippen LogP contribution in [-0.2, 0) is 11.8 Å². The molecule has 0 radical (unpaired) electrons. The highest BCUT2D eigenvalue weighted by molar-refractivity contribution is 5.83. The van der Waals surface area contributed by atoms with Crippen molar-refractivity contribution in [1.29, 1.82) is 0 Å². The van der Waals surface area contributed by atoms with Crippen LogP contribution in [0.5, 0.6) is 0 Å². The number of hydrogen-bond donors (Lipinski definition) is 1. The lowest BCUT2D eigenvalue weighted by Crippen LogP contribution is -2.39.